The second-order valence-electron chi connectivity index (χ2n) is 5.00. The lowest BCUT2D eigenvalue weighted by Crippen LogP contribution is -2.58. The lowest BCUT2D eigenvalue weighted by atomic mass is 9.92. The highest BCUT2D eigenvalue weighted by molar-refractivity contribution is 5.13. The molecule has 1 fully saturated rings. The van der Waals surface area contributed by atoms with Crippen molar-refractivity contribution in [2.24, 2.45) is 0 Å². The van der Waals surface area contributed by atoms with Gasteiger partial charge in [-0.1, -0.05) is 37.3 Å². The zero-order valence-corrected chi connectivity index (χ0v) is 11.4. The summed E-state index contributed by atoms with van der Waals surface area (Å²) in [5, 5.41) is 0. The van der Waals surface area contributed by atoms with E-state index in [0.717, 1.165) is 12.0 Å². The Bertz CT molecular complexity index is 379. The Kier molecular flexibility index (Phi) is 4.05. The van der Waals surface area contributed by atoms with Gasteiger partial charge in [0.2, 0.25) is 0 Å². The quantitative estimate of drug-likeness (QED) is 0.821. The first-order valence-electron chi connectivity index (χ1n) is 6.55. The molecule has 0 amide bonds. The maximum atomic E-state index is 6.02. The predicted molar refractivity (Wildman–Crippen MR) is 70.2 cm³/mol. The summed E-state index contributed by atoms with van der Waals surface area (Å²) in [6, 6.07) is 10.1. The third-order valence-electron chi connectivity index (χ3n) is 3.87. The van der Waals surface area contributed by atoms with Gasteiger partial charge in [-0.2, -0.15) is 0 Å². The fourth-order valence-corrected chi connectivity index (χ4v) is 2.20. The van der Waals surface area contributed by atoms with E-state index in [1.54, 1.807) is 0 Å². The maximum Gasteiger partial charge on any atom is 0.194 e. The van der Waals surface area contributed by atoms with Crippen LogP contribution in [0.2, 0.25) is 0 Å². The molecule has 3 nitrogen and oxygen atoms in total. The molecule has 0 bridgehead atoms. The van der Waals surface area contributed by atoms with Crippen molar-refractivity contribution >= 4 is 0 Å². The standard InChI is InChI=1S/C15H22O3/c1-4-14(2)15(3,17-11-10-16-14)18-12-13-8-6-5-7-9-13/h5-9H,4,10-12H2,1-3H3. The van der Waals surface area contributed by atoms with Crippen LogP contribution in [0.1, 0.15) is 32.8 Å². The Morgan fingerprint density at radius 2 is 1.78 bits per heavy atom. The molecule has 100 valence electrons. The zero-order valence-electron chi connectivity index (χ0n) is 11.4. The van der Waals surface area contributed by atoms with Crippen molar-refractivity contribution in [2.45, 2.75) is 45.2 Å². The summed E-state index contributed by atoms with van der Waals surface area (Å²) in [5.74, 6) is -0.685. The van der Waals surface area contributed by atoms with E-state index < -0.39 is 5.79 Å². The minimum Gasteiger partial charge on any atom is -0.367 e. The summed E-state index contributed by atoms with van der Waals surface area (Å²) in [7, 11) is 0. The van der Waals surface area contributed by atoms with E-state index in [1.807, 2.05) is 25.1 Å². The van der Waals surface area contributed by atoms with Gasteiger partial charge in [-0.15, -0.1) is 0 Å². The van der Waals surface area contributed by atoms with E-state index in [-0.39, 0.29) is 5.60 Å². The minimum atomic E-state index is -0.685. The summed E-state index contributed by atoms with van der Waals surface area (Å²) in [6.07, 6.45) is 0.859. The summed E-state index contributed by atoms with van der Waals surface area (Å²) < 4.78 is 17.7. The van der Waals surface area contributed by atoms with E-state index in [9.17, 15) is 0 Å². The van der Waals surface area contributed by atoms with Crippen molar-refractivity contribution < 1.29 is 14.2 Å². The third-order valence-corrected chi connectivity index (χ3v) is 3.87. The molecule has 1 aromatic carbocycles. The van der Waals surface area contributed by atoms with Crippen LogP contribution >= 0.6 is 0 Å². The van der Waals surface area contributed by atoms with Gasteiger partial charge in [-0.05, 0) is 25.8 Å². The number of benzene rings is 1. The molecule has 2 unspecified atom stereocenters. The maximum absolute atomic E-state index is 6.02. The van der Waals surface area contributed by atoms with Crippen LogP contribution in [0.25, 0.3) is 0 Å². The van der Waals surface area contributed by atoms with Crippen LogP contribution in [0.3, 0.4) is 0 Å². The van der Waals surface area contributed by atoms with Crippen LogP contribution in [0, 0.1) is 0 Å². The van der Waals surface area contributed by atoms with Gasteiger partial charge in [0, 0.05) is 0 Å². The van der Waals surface area contributed by atoms with Crippen molar-refractivity contribution in [3.63, 3.8) is 0 Å². The van der Waals surface area contributed by atoms with Crippen molar-refractivity contribution in [2.75, 3.05) is 13.2 Å². The topological polar surface area (TPSA) is 27.7 Å². The molecule has 0 aliphatic carbocycles. The van der Waals surface area contributed by atoms with E-state index >= 15 is 0 Å². The first-order chi connectivity index (χ1) is 8.60. The molecule has 1 aromatic rings. The summed E-state index contributed by atoms with van der Waals surface area (Å²) in [4.78, 5) is 0. The van der Waals surface area contributed by atoms with Gasteiger partial charge in [0.05, 0.1) is 19.8 Å². The molecule has 1 aliphatic heterocycles. The molecule has 1 aliphatic rings. The molecule has 2 atom stereocenters. The fraction of sp³-hybridized carbons (Fsp3) is 0.600. The monoisotopic (exact) mass is 250 g/mol. The Hall–Kier alpha value is -0.900. The SMILES string of the molecule is CCC1(C)OCCOC1(C)OCc1ccccc1. The summed E-state index contributed by atoms with van der Waals surface area (Å²) in [5.41, 5.74) is 0.756. The first kappa shape index (κ1) is 13.5. The third kappa shape index (κ3) is 2.58. The molecule has 1 saturated heterocycles. The highest BCUT2D eigenvalue weighted by Crippen LogP contribution is 2.37. The molecule has 3 heteroatoms. The second kappa shape index (κ2) is 5.39. The van der Waals surface area contributed by atoms with Crippen LogP contribution in [0.4, 0.5) is 0 Å². The molecule has 18 heavy (non-hydrogen) atoms. The fourth-order valence-electron chi connectivity index (χ4n) is 2.20. The Balaban J connectivity index is 2.05. The molecule has 0 aromatic heterocycles. The average Bonchev–Trinajstić information content (AvgIpc) is 2.41. The molecule has 2 rings (SSSR count). The van der Waals surface area contributed by atoms with Crippen molar-refractivity contribution in [3.05, 3.63) is 35.9 Å². The average molecular weight is 250 g/mol. The van der Waals surface area contributed by atoms with E-state index in [4.69, 9.17) is 14.2 Å². The van der Waals surface area contributed by atoms with Gasteiger partial charge < -0.3 is 14.2 Å². The van der Waals surface area contributed by atoms with Crippen molar-refractivity contribution in [1.82, 2.24) is 0 Å². The molecule has 0 saturated carbocycles. The van der Waals surface area contributed by atoms with Crippen molar-refractivity contribution in [1.29, 1.82) is 0 Å². The van der Waals surface area contributed by atoms with E-state index in [2.05, 4.69) is 26.0 Å². The number of hydrogen-bond acceptors (Lipinski definition) is 3. The lowest BCUT2D eigenvalue weighted by Gasteiger charge is -2.48. The van der Waals surface area contributed by atoms with Gasteiger partial charge in [-0.25, -0.2) is 0 Å². The number of ether oxygens (including phenoxy) is 3. The lowest BCUT2D eigenvalue weighted by molar-refractivity contribution is -0.357. The largest absolute Gasteiger partial charge is 0.367 e. The van der Waals surface area contributed by atoms with Crippen LogP contribution in [0.5, 0.6) is 0 Å². The molecular formula is C15H22O3. The van der Waals surface area contributed by atoms with Gasteiger partial charge in [0.15, 0.2) is 5.79 Å². The number of hydrogen-bond donors (Lipinski definition) is 0. The van der Waals surface area contributed by atoms with Gasteiger partial charge in [0.25, 0.3) is 0 Å². The zero-order chi connectivity index (χ0) is 13.1. The molecular weight excluding hydrogens is 228 g/mol. The van der Waals surface area contributed by atoms with Gasteiger partial charge in [0.1, 0.15) is 5.60 Å². The van der Waals surface area contributed by atoms with Crippen molar-refractivity contribution in [3.8, 4) is 0 Å². The number of rotatable bonds is 4. The van der Waals surface area contributed by atoms with E-state index in [1.165, 1.54) is 0 Å². The van der Waals surface area contributed by atoms with Crippen LogP contribution < -0.4 is 0 Å². The molecule has 0 spiro atoms. The van der Waals surface area contributed by atoms with Gasteiger partial charge >= 0.3 is 0 Å². The summed E-state index contributed by atoms with van der Waals surface area (Å²) >= 11 is 0. The first-order valence-corrected chi connectivity index (χ1v) is 6.55. The summed E-state index contributed by atoms with van der Waals surface area (Å²) in [6.45, 7) is 7.88. The Morgan fingerprint density at radius 3 is 2.44 bits per heavy atom. The predicted octanol–water partition coefficient (Wildman–Crippen LogP) is 3.13. The highest BCUT2D eigenvalue weighted by atomic mass is 16.7. The Morgan fingerprint density at radius 1 is 1.11 bits per heavy atom. The molecule has 0 N–H and O–H groups in total. The second-order valence-corrected chi connectivity index (χ2v) is 5.00. The van der Waals surface area contributed by atoms with E-state index in [0.29, 0.717) is 19.8 Å². The highest BCUT2D eigenvalue weighted by Gasteiger charge is 2.49. The van der Waals surface area contributed by atoms with Crippen LogP contribution in [-0.2, 0) is 20.8 Å². The van der Waals surface area contributed by atoms with Crippen LogP contribution in [0.15, 0.2) is 30.3 Å². The Labute approximate surface area is 109 Å². The van der Waals surface area contributed by atoms with Gasteiger partial charge in [-0.3, -0.25) is 0 Å². The smallest absolute Gasteiger partial charge is 0.194 e. The normalized spacial score (nSPS) is 32.4. The molecule has 1 heterocycles. The minimum absolute atomic E-state index is 0.389. The molecule has 0 radical (unpaired) electrons. The van der Waals surface area contributed by atoms with Crippen LogP contribution in [-0.4, -0.2) is 24.6 Å².